The summed E-state index contributed by atoms with van der Waals surface area (Å²) in [5.41, 5.74) is 1.11. The fraction of sp³-hybridized carbons (Fsp3) is 0.538. The lowest BCUT2D eigenvalue weighted by atomic mass is 10.1. The molecular formula is C13H20O3. The Kier molecular flexibility index (Phi) is 5.90. The molecule has 0 radical (unpaired) electrons. The molecule has 1 unspecified atom stereocenters. The van der Waals surface area contributed by atoms with Crippen LogP contribution in [0.2, 0.25) is 0 Å². The molecule has 0 saturated carbocycles. The van der Waals surface area contributed by atoms with E-state index in [-0.39, 0.29) is 12.7 Å². The summed E-state index contributed by atoms with van der Waals surface area (Å²) in [5, 5.41) is 17.8. The number of rotatable bonds is 7. The fourth-order valence-corrected chi connectivity index (χ4v) is 1.47. The van der Waals surface area contributed by atoms with Gasteiger partial charge >= 0.3 is 0 Å². The molecule has 1 atom stereocenters. The van der Waals surface area contributed by atoms with Gasteiger partial charge in [-0.05, 0) is 43.9 Å². The van der Waals surface area contributed by atoms with Crippen LogP contribution in [0.4, 0.5) is 0 Å². The van der Waals surface area contributed by atoms with Gasteiger partial charge in [0.2, 0.25) is 0 Å². The standard InChI is InChI=1S/C13H20O3/c1-11(15)10-12-4-6-13(7-5-12)16-9-3-2-8-14/h4-7,11,14-15H,2-3,8-10H2,1H3. The minimum atomic E-state index is -0.309. The van der Waals surface area contributed by atoms with Crippen molar-refractivity contribution in [2.75, 3.05) is 13.2 Å². The monoisotopic (exact) mass is 224 g/mol. The van der Waals surface area contributed by atoms with Crippen LogP contribution in [0.3, 0.4) is 0 Å². The first-order valence-electron chi connectivity index (χ1n) is 5.73. The van der Waals surface area contributed by atoms with Crippen LogP contribution in [0.15, 0.2) is 24.3 Å². The number of aliphatic hydroxyl groups excluding tert-OH is 2. The van der Waals surface area contributed by atoms with E-state index in [1.807, 2.05) is 24.3 Å². The summed E-state index contributed by atoms with van der Waals surface area (Å²) in [7, 11) is 0. The second-order valence-electron chi connectivity index (χ2n) is 3.98. The molecule has 0 amide bonds. The zero-order valence-electron chi connectivity index (χ0n) is 9.72. The summed E-state index contributed by atoms with van der Waals surface area (Å²) in [4.78, 5) is 0. The van der Waals surface area contributed by atoms with Gasteiger partial charge in [0.15, 0.2) is 0 Å². The molecule has 3 heteroatoms. The van der Waals surface area contributed by atoms with Crippen molar-refractivity contribution in [1.82, 2.24) is 0 Å². The van der Waals surface area contributed by atoms with Crippen molar-refractivity contribution in [2.24, 2.45) is 0 Å². The summed E-state index contributed by atoms with van der Waals surface area (Å²) in [6.07, 6.45) is 2.01. The molecule has 0 spiro atoms. The maximum Gasteiger partial charge on any atom is 0.119 e. The number of hydrogen-bond donors (Lipinski definition) is 2. The Bertz CT molecular complexity index is 280. The highest BCUT2D eigenvalue weighted by atomic mass is 16.5. The van der Waals surface area contributed by atoms with E-state index in [1.54, 1.807) is 6.92 Å². The molecule has 0 aromatic heterocycles. The molecule has 0 aliphatic heterocycles. The van der Waals surface area contributed by atoms with Gasteiger partial charge in [0.1, 0.15) is 5.75 Å². The second-order valence-corrected chi connectivity index (χ2v) is 3.98. The van der Waals surface area contributed by atoms with Crippen LogP contribution in [0, 0.1) is 0 Å². The first-order valence-corrected chi connectivity index (χ1v) is 5.73. The minimum Gasteiger partial charge on any atom is -0.494 e. The van der Waals surface area contributed by atoms with E-state index in [2.05, 4.69) is 0 Å². The first-order chi connectivity index (χ1) is 7.72. The van der Waals surface area contributed by atoms with Crippen LogP contribution < -0.4 is 4.74 Å². The Morgan fingerprint density at radius 1 is 1.19 bits per heavy atom. The van der Waals surface area contributed by atoms with Gasteiger partial charge in [-0.25, -0.2) is 0 Å². The highest BCUT2D eigenvalue weighted by Crippen LogP contribution is 2.13. The van der Waals surface area contributed by atoms with E-state index in [9.17, 15) is 5.11 Å². The van der Waals surface area contributed by atoms with E-state index in [4.69, 9.17) is 9.84 Å². The van der Waals surface area contributed by atoms with Gasteiger partial charge in [0, 0.05) is 6.61 Å². The Labute approximate surface area is 96.7 Å². The van der Waals surface area contributed by atoms with Crippen molar-refractivity contribution in [2.45, 2.75) is 32.3 Å². The highest BCUT2D eigenvalue weighted by molar-refractivity contribution is 5.27. The van der Waals surface area contributed by atoms with Gasteiger partial charge in [-0.3, -0.25) is 0 Å². The van der Waals surface area contributed by atoms with Gasteiger partial charge in [0.05, 0.1) is 12.7 Å². The topological polar surface area (TPSA) is 49.7 Å². The average molecular weight is 224 g/mol. The SMILES string of the molecule is CC(O)Cc1ccc(OCCCCO)cc1. The van der Waals surface area contributed by atoms with E-state index in [1.165, 1.54) is 0 Å². The third kappa shape index (κ3) is 5.14. The van der Waals surface area contributed by atoms with Crippen molar-refractivity contribution in [3.05, 3.63) is 29.8 Å². The molecule has 1 aromatic rings. The van der Waals surface area contributed by atoms with E-state index in [0.717, 1.165) is 24.2 Å². The van der Waals surface area contributed by atoms with Gasteiger partial charge in [-0.1, -0.05) is 12.1 Å². The summed E-state index contributed by atoms with van der Waals surface area (Å²) in [5.74, 6) is 0.840. The number of ether oxygens (including phenoxy) is 1. The molecule has 0 heterocycles. The molecule has 90 valence electrons. The van der Waals surface area contributed by atoms with Crippen LogP contribution in [-0.4, -0.2) is 29.5 Å². The minimum absolute atomic E-state index is 0.219. The van der Waals surface area contributed by atoms with Crippen molar-refractivity contribution >= 4 is 0 Å². The molecule has 1 aromatic carbocycles. The van der Waals surface area contributed by atoms with E-state index < -0.39 is 0 Å². The third-order valence-corrected chi connectivity index (χ3v) is 2.28. The van der Waals surface area contributed by atoms with Crippen molar-refractivity contribution < 1.29 is 14.9 Å². The van der Waals surface area contributed by atoms with Crippen molar-refractivity contribution in [3.8, 4) is 5.75 Å². The molecule has 0 bridgehead atoms. The first kappa shape index (κ1) is 13.0. The molecule has 16 heavy (non-hydrogen) atoms. The predicted molar refractivity (Wildman–Crippen MR) is 63.6 cm³/mol. The summed E-state index contributed by atoms with van der Waals surface area (Å²) >= 11 is 0. The Hall–Kier alpha value is -1.06. The third-order valence-electron chi connectivity index (χ3n) is 2.28. The zero-order chi connectivity index (χ0) is 11.8. The van der Waals surface area contributed by atoms with Gasteiger partial charge in [-0.2, -0.15) is 0 Å². The molecule has 3 nitrogen and oxygen atoms in total. The summed E-state index contributed by atoms with van der Waals surface area (Å²) in [6.45, 7) is 2.63. The maximum absolute atomic E-state index is 9.22. The van der Waals surface area contributed by atoms with Crippen LogP contribution in [0.25, 0.3) is 0 Å². The molecule has 0 aliphatic rings. The molecule has 1 rings (SSSR count). The smallest absolute Gasteiger partial charge is 0.119 e. The Morgan fingerprint density at radius 2 is 1.88 bits per heavy atom. The molecular weight excluding hydrogens is 204 g/mol. The lowest BCUT2D eigenvalue weighted by Gasteiger charge is -2.07. The molecule has 0 saturated heterocycles. The average Bonchev–Trinajstić information content (AvgIpc) is 2.26. The highest BCUT2D eigenvalue weighted by Gasteiger charge is 1.99. The molecule has 0 fully saturated rings. The van der Waals surface area contributed by atoms with Crippen LogP contribution >= 0.6 is 0 Å². The fourth-order valence-electron chi connectivity index (χ4n) is 1.47. The quantitative estimate of drug-likeness (QED) is 0.694. The Morgan fingerprint density at radius 3 is 2.44 bits per heavy atom. The number of hydrogen-bond acceptors (Lipinski definition) is 3. The number of benzene rings is 1. The summed E-state index contributed by atoms with van der Waals surface area (Å²) in [6, 6.07) is 7.76. The van der Waals surface area contributed by atoms with E-state index in [0.29, 0.717) is 13.0 Å². The normalized spacial score (nSPS) is 12.4. The van der Waals surface area contributed by atoms with Gasteiger partial charge < -0.3 is 14.9 Å². The van der Waals surface area contributed by atoms with Gasteiger partial charge in [-0.15, -0.1) is 0 Å². The zero-order valence-corrected chi connectivity index (χ0v) is 9.72. The van der Waals surface area contributed by atoms with Crippen LogP contribution in [0.5, 0.6) is 5.75 Å². The largest absolute Gasteiger partial charge is 0.494 e. The lowest BCUT2D eigenvalue weighted by Crippen LogP contribution is -2.04. The predicted octanol–water partition coefficient (Wildman–Crippen LogP) is 1.76. The molecule has 0 aliphatic carbocycles. The van der Waals surface area contributed by atoms with Gasteiger partial charge in [0.25, 0.3) is 0 Å². The summed E-state index contributed by atoms with van der Waals surface area (Å²) < 4.78 is 5.49. The molecule has 2 N–H and O–H groups in total. The maximum atomic E-state index is 9.22. The Balaban J connectivity index is 2.33. The van der Waals surface area contributed by atoms with Crippen LogP contribution in [-0.2, 0) is 6.42 Å². The number of aliphatic hydroxyl groups is 2. The van der Waals surface area contributed by atoms with E-state index >= 15 is 0 Å². The second kappa shape index (κ2) is 7.25. The van der Waals surface area contributed by atoms with Crippen molar-refractivity contribution in [1.29, 1.82) is 0 Å². The van der Waals surface area contributed by atoms with Crippen molar-refractivity contribution in [3.63, 3.8) is 0 Å². The lowest BCUT2D eigenvalue weighted by molar-refractivity contribution is 0.195. The number of unbranched alkanes of at least 4 members (excludes halogenated alkanes) is 1. The van der Waals surface area contributed by atoms with Crippen LogP contribution in [0.1, 0.15) is 25.3 Å².